The van der Waals surface area contributed by atoms with Gasteiger partial charge in [0, 0.05) is 31.4 Å². The highest BCUT2D eigenvalue weighted by Gasteiger charge is 2.44. The molecule has 1 aromatic heterocycles. The van der Waals surface area contributed by atoms with Gasteiger partial charge in [-0.05, 0) is 44.1 Å². The number of hydrogen-bond donors (Lipinski definition) is 8. The monoisotopic (exact) mass is 1070 g/mol. The average molecular weight is 1070 g/mol. The molecule has 12 atom stereocenters. The lowest BCUT2D eigenvalue weighted by atomic mass is 9.92. The van der Waals surface area contributed by atoms with Crippen LogP contribution in [0.15, 0.2) is 41.4 Å². The van der Waals surface area contributed by atoms with E-state index in [1.54, 1.807) is 12.2 Å². The van der Waals surface area contributed by atoms with Crippen molar-refractivity contribution in [2.75, 3.05) is 25.6 Å². The maximum Gasteiger partial charge on any atom is 0.481 e. The predicted octanol–water partition coefficient (Wildman–Crippen LogP) is 6.19. The van der Waals surface area contributed by atoms with Crippen LogP contribution in [0.2, 0.25) is 0 Å². The van der Waals surface area contributed by atoms with Gasteiger partial charge in [-0.2, -0.15) is 9.29 Å². The summed E-state index contributed by atoms with van der Waals surface area (Å²) >= 11 is 0. The molecule has 0 spiro atoms. The number of aliphatic hydroxyl groups is 5. The minimum absolute atomic E-state index is 0.0756. The fourth-order valence-electron chi connectivity index (χ4n) is 8.18. The molecule has 0 aliphatic carbocycles. The lowest BCUT2D eigenvalue weighted by molar-refractivity contribution is -0.192. The van der Waals surface area contributed by atoms with Gasteiger partial charge in [-0.1, -0.05) is 129 Å². The molecule has 2 aliphatic heterocycles. The predicted molar refractivity (Wildman–Crippen MR) is 264 cm³/mol. The Kier molecular flexibility index (Phi) is 29.8. The van der Waals surface area contributed by atoms with Crippen LogP contribution in [0.1, 0.15) is 162 Å². The summed E-state index contributed by atoms with van der Waals surface area (Å²) in [6.07, 6.45) is 5.67. The Morgan fingerprint density at radius 1 is 0.889 bits per heavy atom. The van der Waals surface area contributed by atoms with Crippen LogP contribution in [0.3, 0.4) is 0 Å². The zero-order valence-electron chi connectivity index (χ0n) is 42.2. The molecule has 0 saturated carbocycles. The van der Waals surface area contributed by atoms with Crippen molar-refractivity contribution in [2.24, 2.45) is 11.8 Å². The van der Waals surface area contributed by atoms with E-state index in [9.17, 15) is 58.8 Å². The first-order valence-electron chi connectivity index (χ1n) is 25.6. The quantitative estimate of drug-likeness (QED) is 0.0278. The molecule has 72 heavy (non-hydrogen) atoms. The summed E-state index contributed by atoms with van der Waals surface area (Å²) < 4.78 is 64.6. The molecule has 0 aromatic carbocycles. The number of aromatic nitrogens is 2. The van der Waals surface area contributed by atoms with Crippen LogP contribution >= 0.6 is 15.6 Å². The number of ether oxygens (including phenoxy) is 4. The summed E-state index contributed by atoms with van der Waals surface area (Å²) in [7, 11) is -11.3. The normalized spacial score (nSPS) is 30.4. The van der Waals surface area contributed by atoms with E-state index in [0.29, 0.717) is 19.3 Å². The minimum atomic E-state index is -5.73. The number of aliphatic hydroxyl groups excluding tert-OH is 5. The molecule has 1 fully saturated rings. The van der Waals surface area contributed by atoms with Crippen molar-refractivity contribution in [3.8, 4) is 0 Å². The van der Waals surface area contributed by atoms with Crippen LogP contribution in [0.5, 0.6) is 0 Å². The number of hydrogen-bond acceptors (Lipinski definition) is 19. The van der Waals surface area contributed by atoms with E-state index >= 15 is 0 Å². The SMILES string of the molecule is CCCCC[C@H](O)/C=C/[C@H]1OC(O)C[C@H](O)[C@@H]2CC=CCCCC(=O)O[C@H](COC(=O)CCCCCCCCCCCCC(C)C)COP(=O)(O)OP(=O)(O)OC[C@@H](O[C@H]2n2ccc(N)nc2=O)[C@@H](O)[C@H]1O. The summed E-state index contributed by atoms with van der Waals surface area (Å²) in [6, 6.07) is 1.23. The smallest absolute Gasteiger partial charge is 0.462 e. The lowest BCUT2D eigenvalue weighted by Gasteiger charge is -2.36. The number of nitrogens with zero attached hydrogens (tertiary/aromatic N) is 2. The minimum Gasteiger partial charge on any atom is -0.462 e. The van der Waals surface area contributed by atoms with Crippen molar-refractivity contribution in [1.82, 2.24) is 9.55 Å². The number of allylic oxidation sites excluding steroid dienone is 2. The van der Waals surface area contributed by atoms with Gasteiger partial charge in [0.15, 0.2) is 12.4 Å². The van der Waals surface area contributed by atoms with E-state index in [2.05, 4.69) is 23.1 Å². The summed E-state index contributed by atoms with van der Waals surface area (Å²) in [5, 5.41) is 56.8. The van der Waals surface area contributed by atoms with E-state index in [-0.39, 0.29) is 37.9 Å². The van der Waals surface area contributed by atoms with Crippen LogP contribution in [0, 0.1) is 11.8 Å². The molecule has 414 valence electrons. The van der Waals surface area contributed by atoms with Crippen LogP contribution in [0.25, 0.3) is 0 Å². The molecular weight excluding hydrogens is 984 g/mol. The second-order valence-corrected chi connectivity index (χ2v) is 22.1. The lowest BCUT2D eigenvalue weighted by Crippen LogP contribution is -2.49. The largest absolute Gasteiger partial charge is 0.481 e. The van der Waals surface area contributed by atoms with Gasteiger partial charge >= 0.3 is 33.3 Å². The summed E-state index contributed by atoms with van der Waals surface area (Å²) in [6.45, 7) is 3.70. The van der Waals surface area contributed by atoms with Crippen LogP contribution in [-0.2, 0) is 51.0 Å². The first-order valence-corrected chi connectivity index (χ1v) is 28.6. The van der Waals surface area contributed by atoms with Crippen molar-refractivity contribution < 1.29 is 86.3 Å². The second kappa shape index (κ2) is 33.9. The number of esters is 2. The van der Waals surface area contributed by atoms with Crippen molar-refractivity contribution >= 4 is 33.4 Å². The van der Waals surface area contributed by atoms with Gasteiger partial charge in [-0.25, -0.2) is 13.9 Å². The Morgan fingerprint density at radius 2 is 1.53 bits per heavy atom. The molecule has 2 aliphatic rings. The Labute approximate surface area is 423 Å². The molecule has 0 radical (unpaired) electrons. The van der Waals surface area contributed by atoms with Gasteiger partial charge < -0.3 is 60.0 Å². The molecular formula is C48H83N3O19P2. The molecule has 3 unspecified atom stereocenters. The number of phosphoric acid groups is 2. The Bertz CT molecular complexity index is 1940. The number of nitrogen functional groups attached to an aromatic ring is 1. The molecule has 1 saturated heterocycles. The second-order valence-electron chi connectivity index (χ2n) is 19.0. The van der Waals surface area contributed by atoms with E-state index in [0.717, 1.165) is 55.2 Å². The first-order chi connectivity index (χ1) is 34.2. The molecule has 24 heteroatoms. The van der Waals surface area contributed by atoms with Crippen LogP contribution in [0.4, 0.5) is 5.82 Å². The highest BCUT2D eigenvalue weighted by atomic mass is 31.3. The third-order valence-corrected chi connectivity index (χ3v) is 14.9. The van der Waals surface area contributed by atoms with Gasteiger partial charge in [0.05, 0.1) is 25.4 Å². The highest BCUT2D eigenvalue weighted by Crippen LogP contribution is 2.60. The van der Waals surface area contributed by atoms with E-state index in [1.807, 2.05) is 6.92 Å². The molecule has 3 rings (SSSR count). The fourth-order valence-corrected chi connectivity index (χ4v) is 10.3. The van der Waals surface area contributed by atoms with Gasteiger partial charge in [0.2, 0.25) is 0 Å². The first kappa shape index (κ1) is 63.4. The zero-order chi connectivity index (χ0) is 53.1. The van der Waals surface area contributed by atoms with E-state index in [4.69, 9.17) is 33.7 Å². The summed E-state index contributed by atoms with van der Waals surface area (Å²) in [4.78, 5) is 64.1. The van der Waals surface area contributed by atoms with Crippen molar-refractivity contribution in [3.05, 3.63) is 47.1 Å². The molecule has 0 amide bonds. The standard InChI is InChI=1S/C48H83N3O19P2/c1-4-5-16-22-35(52)26-27-39-45(57)46(58)40-33-66-72(62,63)70-71(60,61)65-32-36(31-64-42(54)24-19-13-11-9-7-6-8-10-12-17-21-34(2)3)67-43(55)25-20-15-14-18-23-37(38(53)30-44(56)68-39)47(69-40)51-29-28-41(49)50-48(51)59/h14,18,26-29,34-40,44-47,52-53,56-58H,4-13,15-17,19-25,30-33H2,1-3H3,(H,60,61)(H,62,63)(H2,49,50,59)/b18-14?,27-26+/t35-,36+,37-,38-,39+,40+,44?,45-,46+,47+/m0/s1. The number of nitrogens with two attached hydrogens (primary N) is 1. The molecule has 22 nitrogen and oxygen atoms in total. The number of phosphoric ester groups is 2. The topological polar surface area (TPSA) is 335 Å². The maximum atomic E-state index is 13.4. The number of anilines is 1. The van der Waals surface area contributed by atoms with Crippen molar-refractivity contribution in [1.29, 1.82) is 0 Å². The number of carbonyl (C=O) groups excluding carboxylic acids is 2. The number of unbranched alkanes of at least 4 members (excludes halogenated alkanes) is 11. The molecule has 3 heterocycles. The van der Waals surface area contributed by atoms with Gasteiger partial charge in [-0.3, -0.25) is 23.2 Å². The average Bonchev–Trinajstić information content (AvgIpc) is 3.31. The number of cyclic esters (lactones) is 1. The Balaban J connectivity index is 1.83. The van der Waals surface area contributed by atoms with Crippen molar-refractivity contribution in [3.63, 3.8) is 0 Å². The fraction of sp³-hybridized carbons (Fsp3) is 0.792. The zero-order valence-corrected chi connectivity index (χ0v) is 44.0. The van der Waals surface area contributed by atoms with Gasteiger partial charge in [0.1, 0.15) is 43.1 Å². The Hall–Kier alpha value is -2.92. The van der Waals surface area contributed by atoms with Crippen molar-refractivity contribution in [2.45, 2.75) is 211 Å². The van der Waals surface area contributed by atoms with E-state index in [1.165, 1.54) is 56.7 Å². The summed E-state index contributed by atoms with van der Waals surface area (Å²) in [5.74, 6) is -2.10. The third kappa shape index (κ3) is 25.5. The van der Waals surface area contributed by atoms with Crippen LogP contribution < -0.4 is 11.4 Å². The number of rotatable bonds is 22. The van der Waals surface area contributed by atoms with E-state index < -0.39 is 121 Å². The molecule has 9 N–H and O–H groups in total. The molecule has 2 bridgehead atoms. The Morgan fingerprint density at radius 3 is 2.18 bits per heavy atom. The van der Waals surface area contributed by atoms with Gasteiger partial charge in [-0.15, -0.1) is 0 Å². The highest BCUT2D eigenvalue weighted by molar-refractivity contribution is 7.61. The molecule has 1 aromatic rings. The third-order valence-electron chi connectivity index (χ3n) is 12.3. The number of fused-ring (bicyclic) bond motifs is 3. The summed E-state index contributed by atoms with van der Waals surface area (Å²) in [5.41, 5.74) is 4.75. The van der Waals surface area contributed by atoms with Crippen LogP contribution in [-0.4, -0.2) is 126 Å². The number of carbonyl (C=O) groups is 2. The van der Waals surface area contributed by atoms with Gasteiger partial charge in [0.25, 0.3) is 0 Å². The maximum absolute atomic E-state index is 13.4.